The van der Waals surface area contributed by atoms with E-state index < -0.39 is 8.07 Å². The molecule has 1 aliphatic heterocycles. The Kier molecular flexibility index (Phi) is 3.53. The van der Waals surface area contributed by atoms with Crippen molar-refractivity contribution in [3.63, 3.8) is 0 Å². The molecule has 2 heteroatoms. The van der Waals surface area contributed by atoms with Crippen molar-refractivity contribution in [1.29, 1.82) is 0 Å². The predicted molar refractivity (Wildman–Crippen MR) is 56.1 cm³/mol. The lowest BCUT2D eigenvalue weighted by atomic mass is 10.1. The second kappa shape index (κ2) is 4.24. The fraction of sp³-hybridized carbons (Fsp3) is 0.800. The molecule has 0 amide bonds. The summed E-state index contributed by atoms with van der Waals surface area (Å²) in [6.07, 6.45) is 5.71. The molecule has 0 aromatic rings. The number of hydrogen-bond acceptors (Lipinski definition) is 1. The van der Waals surface area contributed by atoms with Crippen molar-refractivity contribution < 1.29 is 5.11 Å². The quantitative estimate of drug-likeness (QED) is 0.517. The van der Waals surface area contributed by atoms with Gasteiger partial charge in [0, 0.05) is 14.7 Å². The molecule has 70 valence electrons. The summed E-state index contributed by atoms with van der Waals surface area (Å²) in [6, 6.07) is 2.90. The monoisotopic (exact) mass is 184 g/mol. The van der Waals surface area contributed by atoms with Crippen molar-refractivity contribution in [2.24, 2.45) is 0 Å². The van der Waals surface area contributed by atoms with Crippen molar-refractivity contribution in [1.82, 2.24) is 0 Å². The summed E-state index contributed by atoms with van der Waals surface area (Å²) in [4.78, 5) is 0. The first kappa shape index (κ1) is 10.0. The summed E-state index contributed by atoms with van der Waals surface area (Å²) < 4.78 is 0. The van der Waals surface area contributed by atoms with Gasteiger partial charge in [0.1, 0.15) is 0 Å². The van der Waals surface area contributed by atoms with E-state index in [0.29, 0.717) is 6.61 Å². The summed E-state index contributed by atoms with van der Waals surface area (Å²) in [6.45, 7) is 5.27. The highest BCUT2D eigenvalue weighted by Gasteiger charge is 2.24. The molecule has 1 aliphatic rings. The Morgan fingerprint density at radius 3 is 2.42 bits per heavy atom. The van der Waals surface area contributed by atoms with Gasteiger partial charge in [-0.3, -0.25) is 0 Å². The van der Waals surface area contributed by atoms with Crippen LogP contribution < -0.4 is 0 Å². The van der Waals surface area contributed by atoms with E-state index in [0.717, 1.165) is 6.42 Å². The van der Waals surface area contributed by atoms with Crippen LogP contribution in [0.1, 0.15) is 19.3 Å². The topological polar surface area (TPSA) is 20.2 Å². The standard InChI is InChI=1S/C10H20OSi/c1-12(2)8-5-10(6-9-12)4-3-7-11/h4,11H,3,5-9H2,1-2H3. The first-order valence-corrected chi connectivity index (χ1v) is 8.34. The number of allylic oxidation sites excluding steroid dienone is 1. The van der Waals surface area contributed by atoms with E-state index in [9.17, 15) is 0 Å². The molecule has 1 nitrogen and oxygen atoms in total. The fourth-order valence-corrected chi connectivity index (χ4v) is 3.97. The highest BCUT2D eigenvalue weighted by atomic mass is 28.3. The third-order valence-corrected chi connectivity index (χ3v) is 6.02. The van der Waals surface area contributed by atoms with Gasteiger partial charge in [-0.2, -0.15) is 0 Å². The predicted octanol–water partition coefficient (Wildman–Crippen LogP) is 2.80. The maximum atomic E-state index is 8.66. The summed E-state index contributed by atoms with van der Waals surface area (Å²) in [5.74, 6) is 0. The van der Waals surface area contributed by atoms with Crippen molar-refractivity contribution in [2.45, 2.75) is 44.4 Å². The van der Waals surface area contributed by atoms with E-state index in [1.165, 1.54) is 24.9 Å². The molecule has 0 saturated carbocycles. The summed E-state index contributed by atoms with van der Waals surface area (Å²) in [7, 11) is -0.775. The van der Waals surface area contributed by atoms with Gasteiger partial charge in [-0.25, -0.2) is 0 Å². The lowest BCUT2D eigenvalue weighted by Crippen LogP contribution is -2.28. The molecule has 0 aromatic heterocycles. The van der Waals surface area contributed by atoms with E-state index in [1.807, 2.05) is 0 Å². The van der Waals surface area contributed by atoms with E-state index in [2.05, 4.69) is 19.2 Å². The van der Waals surface area contributed by atoms with Gasteiger partial charge in [0.25, 0.3) is 0 Å². The Balaban J connectivity index is 2.35. The van der Waals surface area contributed by atoms with Crippen LogP contribution in [0.15, 0.2) is 11.6 Å². The maximum absolute atomic E-state index is 8.66. The largest absolute Gasteiger partial charge is 0.396 e. The Bertz CT molecular complexity index is 161. The van der Waals surface area contributed by atoms with E-state index in [-0.39, 0.29) is 0 Å². The SMILES string of the molecule is C[Si]1(C)CCC(=CCCO)CC1. The molecular weight excluding hydrogens is 164 g/mol. The lowest BCUT2D eigenvalue weighted by Gasteiger charge is -2.28. The van der Waals surface area contributed by atoms with Crippen molar-refractivity contribution in [3.05, 3.63) is 11.6 Å². The smallest absolute Gasteiger partial charge is 0.0480 e. The van der Waals surface area contributed by atoms with Gasteiger partial charge in [-0.1, -0.05) is 36.8 Å². The minimum atomic E-state index is -0.775. The first-order chi connectivity index (χ1) is 5.64. The lowest BCUT2D eigenvalue weighted by molar-refractivity contribution is 0.302. The Morgan fingerprint density at radius 2 is 1.92 bits per heavy atom. The van der Waals surface area contributed by atoms with Crippen molar-refractivity contribution in [3.8, 4) is 0 Å². The van der Waals surface area contributed by atoms with E-state index in [4.69, 9.17) is 5.11 Å². The van der Waals surface area contributed by atoms with Gasteiger partial charge in [-0.15, -0.1) is 0 Å². The average Bonchev–Trinajstić information content (AvgIpc) is 2.03. The minimum Gasteiger partial charge on any atom is -0.396 e. The van der Waals surface area contributed by atoms with Crippen molar-refractivity contribution in [2.75, 3.05) is 6.61 Å². The van der Waals surface area contributed by atoms with Crippen LogP contribution >= 0.6 is 0 Å². The van der Waals surface area contributed by atoms with Crippen LogP contribution in [0.25, 0.3) is 0 Å². The van der Waals surface area contributed by atoms with E-state index >= 15 is 0 Å². The third kappa shape index (κ3) is 3.11. The summed E-state index contributed by atoms with van der Waals surface area (Å²) >= 11 is 0. The van der Waals surface area contributed by atoms with Gasteiger partial charge >= 0.3 is 0 Å². The third-order valence-electron chi connectivity index (χ3n) is 2.81. The van der Waals surface area contributed by atoms with Crippen LogP contribution in [-0.4, -0.2) is 19.8 Å². The van der Waals surface area contributed by atoms with Crippen LogP contribution in [0.5, 0.6) is 0 Å². The minimum absolute atomic E-state index is 0.310. The molecule has 0 aromatic carbocycles. The highest BCUT2D eigenvalue weighted by Crippen LogP contribution is 2.31. The second-order valence-corrected chi connectivity index (χ2v) is 9.87. The molecule has 0 unspecified atom stereocenters. The number of aliphatic hydroxyl groups is 1. The maximum Gasteiger partial charge on any atom is 0.0480 e. The number of rotatable bonds is 2. The molecule has 1 heterocycles. The molecule has 1 saturated heterocycles. The Hall–Kier alpha value is -0.0831. The molecule has 0 spiro atoms. The number of hydrogen-bond donors (Lipinski definition) is 1. The second-order valence-electron chi connectivity index (χ2n) is 4.54. The zero-order chi connectivity index (χ0) is 9.03. The molecule has 1 fully saturated rings. The number of aliphatic hydroxyl groups excluding tert-OH is 1. The van der Waals surface area contributed by atoms with E-state index in [1.54, 1.807) is 5.57 Å². The molecular formula is C10H20OSi. The zero-order valence-electron chi connectivity index (χ0n) is 8.27. The molecule has 1 rings (SSSR count). The molecule has 0 aliphatic carbocycles. The van der Waals surface area contributed by atoms with Gasteiger partial charge in [-0.05, 0) is 19.3 Å². The molecule has 12 heavy (non-hydrogen) atoms. The van der Waals surface area contributed by atoms with Crippen LogP contribution in [-0.2, 0) is 0 Å². The first-order valence-electron chi connectivity index (χ1n) is 4.93. The normalized spacial score (nSPS) is 22.4. The molecule has 0 bridgehead atoms. The molecule has 0 atom stereocenters. The average molecular weight is 184 g/mol. The van der Waals surface area contributed by atoms with Crippen molar-refractivity contribution >= 4 is 8.07 Å². The van der Waals surface area contributed by atoms with Crippen LogP contribution in [0.2, 0.25) is 25.2 Å². The van der Waals surface area contributed by atoms with Gasteiger partial charge < -0.3 is 5.11 Å². The molecule has 0 radical (unpaired) electrons. The van der Waals surface area contributed by atoms with Gasteiger partial charge in [0.15, 0.2) is 0 Å². The Labute approximate surface area is 76.5 Å². The van der Waals surface area contributed by atoms with Gasteiger partial charge in [0.05, 0.1) is 0 Å². The van der Waals surface area contributed by atoms with Crippen LogP contribution in [0.3, 0.4) is 0 Å². The highest BCUT2D eigenvalue weighted by molar-refractivity contribution is 6.77. The Morgan fingerprint density at radius 1 is 1.33 bits per heavy atom. The van der Waals surface area contributed by atoms with Gasteiger partial charge in [0.2, 0.25) is 0 Å². The summed E-state index contributed by atoms with van der Waals surface area (Å²) in [5.41, 5.74) is 1.59. The zero-order valence-corrected chi connectivity index (χ0v) is 9.27. The summed E-state index contributed by atoms with van der Waals surface area (Å²) in [5, 5.41) is 8.66. The van der Waals surface area contributed by atoms with Crippen LogP contribution in [0, 0.1) is 0 Å². The van der Waals surface area contributed by atoms with Crippen LogP contribution in [0.4, 0.5) is 0 Å². The molecule has 1 N–H and O–H groups in total. The fourth-order valence-electron chi connectivity index (χ4n) is 1.72.